The first-order valence-electron chi connectivity index (χ1n) is 4.96. The Morgan fingerprint density at radius 1 is 1.33 bits per heavy atom. The fourth-order valence-electron chi connectivity index (χ4n) is 1.28. The third kappa shape index (κ3) is 3.02. The van der Waals surface area contributed by atoms with Crippen molar-refractivity contribution in [2.75, 3.05) is 0 Å². The van der Waals surface area contributed by atoms with Crippen LogP contribution < -0.4 is 10.5 Å². The molecule has 0 bridgehead atoms. The molecule has 0 fully saturated rings. The monoisotopic (exact) mass is 326 g/mol. The highest BCUT2D eigenvalue weighted by Crippen LogP contribution is 2.26. The van der Waals surface area contributed by atoms with Crippen molar-refractivity contribution < 1.29 is 9.13 Å². The van der Waals surface area contributed by atoms with Crippen LogP contribution in [-0.4, -0.2) is 9.97 Å². The van der Waals surface area contributed by atoms with E-state index in [2.05, 4.69) is 20.9 Å². The second kappa shape index (κ2) is 5.41. The molecule has 0 atom stereocenters. The van der Waals surface area contributed by atoms with E-state index in [1.807, 2.05) is 0 Å². The van der Waals surface area contributed by atoms with E-state index < -0.39 is 5.82 Å². The Morgan fingerprint density at radius 3 is 2.83 bits per heavy atom. The minimum atomic E-state index is -0.472. The summed E-state index contributed by atoms with van der Waals surface area (Å²) in [6, 6.07) is 9.35. The molecular weight excluding hydrogens is 319 g/mol. The number of thiocarbonyl (C=S) groups is 1. The summed E-state index contributed by atoms with van der Waals surface area (Å²) in [6.07, 6.45) is 0. The van der Waals surface area contributed by atoms with Gasteiger partial charge in [-0.25, -0.2) is 9.37 Å². The fourth-order valence-corrected chi connectivity index (χ4v) is 1.73. The molecular formula is C12H8BrFN2OS. The van der Waals surface area contributed by atoms with Crippen LogP contribution in [0.4, 0.5) is 4.39 Å². The Kier molecular flexibility index (Phi) is 3.88. The topological polar surface area (TPSA) is 48.1 Å². The second-order valence-electron chi connectivity index (χ2n) is 3.40. The van der Waals surface area contributed by atoms with E-state index in [-0.39, 0.29) is 16.6 Å². The van der Waals surface area contributed by atoms with Crippen LogP contribution in [0, 0.1) is 5.82 Å². The van der Waals surface area contributed by atoms with Gasteiger partial charge >= 0.3 is 0 Å². The van der Waals surface area contributed by atoms with Crippen molar-refractivity contribution in [2.24, 2.45) is 5.73 Å². The van der Waals surface area contributed by atoms with E-state index in [0.29, 0.717) is 10.2 Å². The zero-order chi connectivity index (χ0) is 13.1. The van der Waals surface area contributed by atoms with Crippen LogP contribution in [0.2, 0.25) is 0 Å². The predicted octanol–water partition coefficient (Wildman–Crippen LogP) is 3.41. The molecule has 0 saturated heterocycles. The van der Waals surface area contributed by atoms with Crippen molar-refractivity contribution in [2.45, 2.75) is 0 Å². The van der Waals surface area contributed by atoms with Gasteiger partial charge in [0, 0.05) is 10.5 Å². The van der Waals surface area contributed by atoms with E-state index in [1.165, 1.54) is 12.1 Å². The number of benzene rings is 1. The fraction of sp³-hybridized carbons (Fsp3) is 0. The molecule has 0 radical (unpaired) electrons. The summed E-state index contributed by atoms with van der Waals surface area (Å²) in [5.41, 5.74) is 5.89. The minimum absolute atomic E-state index is 0.0805. The predicted molar refractivity (Wildman–Crippen MR) is 74.3 cm³/mol. The molecule has 2 rings (SSSR count). The summed E-state index contributed by atoms with van der Waals surface area (Å²) >= 11 is 8.05. The number of hydrogen-bond acceptors (Lipinski definition) is 3. The Bertz CT molecular complexity index is 606. The molecule has 0 aliphatic carbocycles. The molecule has 2 N–H and O–H groups in total. The van der Waals surface area contributed by atoms with Crippen molar-refractivity contribution in [1.82, 2.24) is 4.98 Å². The Balaban J connectivity index is 2.31. The van der Waals surface area contributed by atoms with Gasteiger partial charge in [0.1, 0.15) is 10.7 Å². The third-order valence-corrected chi connectivity index (χ3v) is 2.79. The molecule has 2 aromatic rings. The molecule has 18 heavy (non-hydrogen) atoms. The van der Waals surface area contributed by atoms with Crippen LogP contribution >= 0.6 is 28.1 Å². The maximum Gasteiger partial charge on any atom is 0.220 e. The summed E-state index contributed by atoms with van der Waals surface area (Å²) in [4.78, 5) is 4.23. The SMILES string of the molecule is NC(=S)c1cccc(Oc2cc(Br)ccc2F)n1. The Morgan fingerprint density at radius 2 is 2.11 bits per heavy atom. The van der Waals surface area contributed by atoms with Crippen molar-refractivity contribution in [3.8, 4) is 11.6 Å². The lowest BCUT2D eigenvalue weighted by molar-refractivity contribution is 0.427. The quantitative estimate of drug-likeness (QED) is 0.878. The number of halogens is 2. The number of hydrogen-bond donors (Lipinski definition) is 1. The van der Waals surface area contributed by atoms with Crippen molar-refractivity contribution in [3.63, 3.8) is 0 Å². The number of nitrogens with zero attached hydrogens (tertiary/aromatic N) is 1. The van der Waals surface area contributed by atoms with Crippen LogP contribution in [0.3, 0.4) is 0 Å². The molecule has 6 heteroatoms. The molecule has 0 spiro atoms. The Hall–Kier alpha value is -1.53. The van der Waals surface area contributed by atoms with Gasteiger partial charge in [-0.15, -0.1) is 0 Å². The summed E-state index contributed by atoms with van der Waals surface area (Å²) < 4.78 is 19.6. The largest absolute Gasteiger partial charge is 0.436 e. The van der Waals surface area contributed by atoms with Crippen LogP contribution in [0.1, 0.15) is 5.69 Å². The molecule has 0 saturated carbocycles. The number of ether oxygens (including phenoxy) is 1. The maximum absolute atomic E-state index is 13.5. The molecule has 1 aromatic heterocycles. The molecule has 92 valence electrons. The lowest BCUT2D eigenvalue weighted by atomic mass is 10.3. The van der Waals surface area contributed by atoms with Crippen molar-refractivity contribution in [1.29, 1.82) is 0 Å². The van der Waals surface area contributed by atoms with Gasteiger partial charge in [0.15, 0.2) is 11.6 Å². The zero-order valence-electron chi connectivity index (χ0n) is 9.06. The van der Waals surface area contributed by atoms with Gasteiger partial charge in [-0.05, 0) is 24.3 Å². The molecule has 3 nitrogen and oxygen atoms in total. The van der Waals surface area contributed by atoms with Gasteiger partial charge < -0.3 is 10.5 Å². The normalized spacial score (nSPS) is 10.1. The summed E-state index contributed by atoms with van der Waals surface area (Å²) in [5.74, 6) is -0.157. The molecule has 1 heterocycles. The average molecular weight is 327 g/mol. The van der Waals surface area contributed by atoms with Gasteiger partial charge in [-0.3, -0.25) is 0 Å². The van der Waals surface area contributed by atoms with Gasteiger partial charge in [0.05, 0.1) is 0 Å². The molecule has 0 amide bonds. The van der Waals surface area contributed by atoms with E-state index >= 15 is 0 Å². The van der Waals surface area contributed by atoms with E-state index in [0.717, 1.165) is 0 Å². The van der Waals surface area contributed by atoms with Crippen molar-refractivity contribution >= 4 is 33.1 Å². The third-order valence-electron chi connectivity index (χ3n) is 2.08. The Labute approximate surface area is 117 Å². The number of nitrogens with two attached hydrogens (primary N) is 1. The van der Waals surface area contributed by atoms with Crippen LogP contribution in [0.25, 0.3) is 0 Å². The summed E-state index contributed by atoms with van der Waals surface area (Å²) in [6.45, 7) is 0. The summed E-state index contributed by atoms with van der Waals surface area (Å²) in [5, 5.41) is 0. The van der Waals surface area contributed by atoms with E-state index in [1.54, 1.807) is 24.3 Å². The van der Waals surface area contributed by atoms with E-state index in [9.17, 15) is 4.39 Å². The lowest BCUT2D eigenvalue weighted by Gasteiger charge is -2.07. The van der Waals surface area contributed by atoms with Crippen LogP contribution in [0.5, 0.6) is 11.6 Å². The first-order chi connectivity index (χ1) is 8.56. The number of rotatable bonds is 3. The smallest absolute Gasteiger partial charge is 0.220 e. The molecule has 0 unspecified atom stereocenters. The zero-order valence-corrected chi connectivity index (χ0v) is 11.5. The highest BCUT2D eigenvalue weighted by atomic mass is 79.9. The van der Waals surface area contributed by atoms with Gasteiger partial charge in [-0.2, -0.15) is 0 Å². The first-order valence-corrected chi connectivity index (χ1v) is 6.16. The van der Waals surface area contributed by atoms with Crippen LogP contribution in [0.15, 0.2) is 40.9 Å². The lowest BCUT2D eigenvalue weighted by Crippen LogP contribution is -2.11. The average Bonchev–Trinajstić information content (AvgIpc) is 2.34. The first kappa shape index (κ1) is 12.9. The van der Waals surface area contributed by atoms with E-state index in [4.69, 9.17) is 22.7 Å². The highest BCUT2D eigenvalue weighted by Gasteiger charge is 2.07. The minimum Gasteiger partial charge on any atom is -0.436 e. The highest BCUT2D eigenvalue weighted by molar-refractivity contribution is 9.10. The van der Waals surface area contributed by atoms with Crippen LogP contribution in [-0.2, 0) is 0 Å². The number of pyridine rings is 1. The maximum atomic E-state index is 13.5. The standard InChI is InChI=1S/C12H8BrFN2OS/c13-7-4-5-8(14)10(6-7)17-11-3-1-2-9(16-11)12(15)18/h1-6H,(H2,15,18). The number of aromatic nitrogens is 1. The molecule has 0 aliphatic heterocycles. The molecule has 1 aromatic carbocycles. The van der Waals surface area contributed by atoms with Crippen molar-refractivity contribution in [3.05, 3.63) is 52.4 Å². The van der Waals surface area contributed by atoms with Gasteiger partial charge in [-0.1, -0.05) is 34.2 Å². The second-order valence-corrected chi connectivity index (χ2v) is 4.76. The summed E-state index contributed by atoms with van der Waals surface area (Å²) in [7, 11) is 0. The van der Waals surface area contributed by atoms with Gasteiger partial charge in [0.2, 0.25) is 5.88 Å². The van der Waals surface area contributed by atoms with Gasteiger partial charge in [0.25, 0.3) is 0 Å². The molecule has 0 aliphatic rings.